The van der Waals surface area contributed by atoms with Crippen LogP contribution in [0, 0.1) is 0 Å². The van der Waals surface area contributed by atoms with Gasteiger partial charge in [-0.1, -0.05) is 0 Å². The number of hydrogen-bond donors (Lipinski definition) is 0. The standard InChI is InChI=1S/BI52/c1-28-30(4)32(6)34(8)36(10)38(12)40(14)42(16)44(18)46(20)48(22)50(24)52(26)53(27)51(25)49(23)47(21)45(19)43(17)41(15)39(13)37(11)35(9)33(7)31(5)29(2)3/q-1. The van der Waals surface area contributed by atoms with Crippen molar-refractivity contribution in [3.05, 3.63) is 0 Å². The summed E-state index contributed by atoms with van der Waals surface area (Å²) in [5, 5.41) is 0. The van der Waals surface area contributed by atoms with Gasteiger partial charge in [0.2, 0.25) is 0 Å². The molecule has 0 nitrogen and oxygen atoms in total. The molecule has 0 bridgehead atoms. The fourth-order valence-electron chi connectivity index (χ4n) is 0.733. The second-order valence-corrected chi connectivity index (χ2v) is 1230. The second-order valence-electron chi connectivity index (χ2n) is 4.13. The fraction of sp³-hybridized carbons (Fsp3) is 0. The molecule has 0 heterocycles. The summed E-state index contributed by atoms with van der Waals surface area (Å²) >= 11 is 85.5. The number of halogens is 52. The molecule has 53 heavy (non-hydrogen) atoms. The first kappa shape index (κ1) is 91.0. The number of hydrogen-bond acceptors (Lipinski definition) is 0. The van der Waals surface area contributed by atoms with Crippen LogP contribution in [0.1, 0.15) is 0 Å². The van der Waals surface area contributed by atoms with E-state index >= 15 is 0 Å². The van der Waals surface area contributed by atoms with Gasteiger partial charge in [0.05, 0.1) is 0 Å². The van der Waals surface area contributed by atoms with E-state index < -0.39 is 197 Å². The van der Waals surface area contributed by atoms with Crippen LogP contribution in [-0.2, 0) is 0 Å². The van der Waals surface area contributed by atoms with E-state index in [0.29, 0.717) is 0 Å². The molecule has 53 heteroatoms. The average molecular weight is 6610 g/mol. The minimum absolute atomic E-state index is 0.158. The Labute approximate surface area is 662 Å². The van der Waals surface area contributed by atoms with Gasteiger partial charge in [-0.3, -0.25) is 0 Å². The Bertz CT molecular complexity index is 955. The van der Waals surface area contributed by atoms with Gasteiger partial charge in [0.1, 0.15) is 0 Å². The minimum atomic E-state index is -0.608. The van der Waals surface area contributed by atoms with Crippen LogP contribution in [0.3, 0.4) is 0 Å². The molecule has 0 aromatic carbocycles. The first-order chi connectivity index (χ1) is 24.1. The first-order valence-electron chi connectivity index (χ1n) is 7.50. The zero-order valence-electron chi connectivity index (χ0n) is 20.2. The Morgan fingerprint density at radius 1 is 0.189 bits per heavy atom. The van der Waals surface area contributed by atoms with E-state index in [1.54, 1.807) is 0 Å². The Morgan fingerprint density at radius 3 is 0.415 bits per heavy atom. The van der Waals surface area contributed by atoms with Crippen molar-refractivity contribution in [3.8, 4) is 0 Å². The average Bonchev–Trinajstić information content (AvgIpc) is 3.16. The van der Waals surface area contributed by atoms with Crippen LogP contribution in [0.5, 0.6) is 0 Å². The molecular weight excluding hydrogens is 6610 g/mol. The normalized spacial score (nSPS) is 18.8. The molecule has 0 aliphatic carbocycles. The van der Waals surface area contributed by atoms with Gasteiger partial charge in [0.15, 0.2) is 0 Å². The summed E-state index contributed by atoms with van der Waals surface area (Å²) in [6.07, 6.45) is 0. The summed E-state index contributed by atoms with van der Waals surface area (Å²) in [6, 6.07) is 0. The van der Waals surface area contributed by atoms with Gasteiger partial charge >= 0.3 is 704 Å². The molecule has 0 spiro atoms. The van der Waals surface area contributed by atoms with E-state index in [1.165, 1.54) is 0 Å². The third kappa shape index (κ3) is 37.7. The second kappa shape index (κ2) is 54.9. The van der Waals surface area contributed by atoms with Crippen molar-refractivity contribution >= 4 is 687 Å². The molecule has 0 saturated heterocycles. The van der Waals surface area contributed by atoms with Gasteiger partial charge in [0.25, 0.3) is 0 Å². The predicted molar refractivity (Wildman–Crippen MR) is 721 cm³/mol. The quantitative estimate of drug-likeness (QED) is 0.0631. The maximum atomic E-state index is 6.39. The zero-order chi connectivity index (χ0) is 42.1. The van der Waals surface area contributed by atoms with Crippen molar-refractivity contribution in [3.63, 3.8) is 0 Å². The van der Waals surface area contributed by atoms with Crippen LogP contribution < -0.4 is 17.0 Å². The van der Waals surface area contributed by atoms with E-state index in [1.807, 2.05) is 0 Å². The van der Waals surface area contributed by atoms with Gasteiger partial charge in [0, 0.05) is 0 Å². The predicted octanol–water partition coefficient (Wildman–Crippen LogP) is 41.8. The molecule has 0 fully saturated rings. The Morgan fingerprint density at radius 2 is 0.302 bits per heavy atom. The van der Waals surface area contributed by atoms with Crippen molar-refractivity contribution in [2.75, 3.05) is 0 Å². The molecular formula is BI52-. The van der Waals surface area contributed by atoms with E-state index in [2.05, 4.69) is 484 Å². The molecule has 0 unspecified atom stereocenters. The van der Waals surface area contributed by atoms with E-state index in [0.717, 1.165) is 0 Å². The van der Waals surface area contributed by atoms with Gasteiger partial charge in [-0.25, -0.2) is 0 Å². The summed E-state index contributed by atoms with van der Waals surface area (Å²) in [6.45, 7) is 0. The van der Waals surface area contributed by atoms with Gasteiger partial charge in [-0.2, -0.15) is 0 Å². The van der Waals surface area contributed by atoms with Gasteiger partial charge in [-0.05, 0) is 0 Å². The topological polar surface area (TPSA) is 0 Å². The zero-order valence-corrected chi connectivity index (χ0v) is 132. The fourth-order valence-corrected chi connectivity index (χ4v) is 9690. The van der Waals surface area contributed by atoms with Crippen LogP contribution in [-0.4, -0.2) is 5.70 Å². The summed E-state index contributed by atoms with van der Waals surface area (Å²) < 4.78 is 0. The maximum absolute atomic E-state index is 6.39. The van der Waals surface area contributed by atoms with Gasteiger partial charge < -0.3 is 0 Å². The Kier molecular flexibility index (Phi) is 94.2. The molecule has 0 atom stereocenters. The van der Waals surface area contributed by atoms with Crippen LogP contribution in [0.2, 0.25) is 0 Å². The molecule has 368 valence electrons. The molecule has 0 N–H and O–H groups in total. The summed E-state index contributed by atoms with van der Waals surface area (Å²) in [5.41, 5.74) is 6.39. The van der Waals surface area contributed by atoms with E-state index in [-0.39, 0.29) is 17.0 Å². The summed E-state index contributed by atoms with van der Waals surface area (Å²) in [5.74, 6) is 0. The molecule has 0 aliphatic rings. The SMILES string of the molecule is [B][I-]I(I)I(I)I(I)I(I)I(I)I(I)I(I)I(I)I(I)I(I)I(I)I(I)I(I)I(I)I(I)I(I)I(I)I(I)I(I)I(I)I(I)I(I)I(I)I(I)I(I)I. The molecule has 0 amide bonds. The number of rotatable bonds is 25. The van der Waals surface area contributed by atoms with E-state index in [4.69, 9.17) is 5.70 Å². The van der Waals surface area contributed by atoms with Crippen LogP contribution in [0.15, 0.2) is 0 Å². The monoisotopic (exact) mass is 6610 g/mol. The third-order valence-electron chi connectivity index (χ3n) is 2.02. The van der Waals surface area contributed by atoms with Crippen molar-refractivity contribution < 1.29 is 17.0 Å². The first-order valence-corrected chi connectivity index (χ1v) is 329. The molecule has 0 aromatic heterocycles. The molecule has 0 aliphatic heterocycles. The molecule has 0 rings (SSSR count). The van der Waals surface area contributed by atoms with Crippen molar-refractivity contribution in [1.82, 2.24) is 0 Å². The van der Waals surface area contributed by atoms with Crippen LogP contribution >= 0.6 is 681 Å². The molecule has 0 aromatic rings. The van der Waals surface area contributed by atoms with Crippen molar-refractivity contribution in [2.45, 2.75) is 0 Å². The van der Waals surface area contributed by atoms with Crippen LogP contribution in [0.4, 0.5) is 0 Å². The Hall–Kier alpha value is 38.0. The summed E-state index contributed by atoms with van der Waals surface area (Å²) in [7, 11) is -14.0. The third-order valence-corrected chi connectivity index (χ3v) is 3990. The Balaban J connectivity index is 5.59. The van der Waals surface area contributed by atoms with E-state index in [9.17, 15) is 0 Å². The molecule has 2 radical (unpaired) electrons. The summed E-state index contributed by atoms with van der Waals surface area (Å²) in [4.78, 5) is 0. The van der Waals surface area contributed by atoms with Gasteiger partial charge in [-0.15, -0.1) is 0 Å². The van der Waals surface area contributed by atoms with Crippen molar-refractivity contribution in [2.24, 2.45) is 0 Å². The van der Waals surface area contributed by atoms with Crippen LogP contribution in [0.25, 0.3) is 0 Å². The van der Waals surface area contributed by atoms with Crippen molar-refractivity contribution in [1.29, 1.82) is 0 Å². The molecule has 0 saturated carbocycles.